The van der Waals surface area contributed by atoms with Crippen molar-refractivity contribution in [2.24, 2.45) is 11.8 Å². The molecule has 0 spiro atoms. The molecule has 0 radical (unpaired) electrons. The van der Waals surface area contributed by atoms with Crippen LogP contribution in [0.25, 0.3) is 0 Å². The molecule has 1 aliphatic carbocycles. The lowest BCUT2D eigenvalue weighted by Gasteiger charge is -2.19. The van der Waals surface area contributed by atoms with Gasteiger partial charge in [0.25, 0.3) is 0 Å². The van der Waals surface area contributed by atoms with Crippen molar-refractivity contribution >= 4 is 0 Å². The van der Waals surface area contributed by atoms with Gasteiger partial charge in [0.2, 0.25) is 0 Å². The molecular weight excluding hydrogens is 239 g/mol. The monoisotopic (exact) mass is 255 g/mol. The molecule has 2 fully saturated rings. The van der Waals surface area contributed by atoms with Crippen LogP contribution in [0, 0.1) is 11.8 Å². The maximum absolute atomic E-state index is 12.7. The standard InChI is InChI=1S/C14H16F3N/c15-14(16,17)11-3-1-2-9(6-11)12-5-4-10-7-18-8-13(10)12/h1-3,6,10,12-13,18H,4-5,7-8H2/t10?,12-,13?/m1/s1. The van der Waals surface area contributed by atoms with Crippen molar-refractivity contribution in [3.63, 3.8) is 0 Å². The zero-order valence-corrected chi connectivity index (χ0v) is 10.0. The molecule has 0 amide bonds. The van der Waals surface area contributed by atoms with Crippen molar-refractivity contribution in [3.8, 4) is 0 Å². The van der Waals surface area contributed by atoms with Crippen molar-refractivity contribution in [3.05, 3.63) is 35.4 Å². The highest BCUT2D eigenvalue weighted by Gasteiger charge is 2.40. The predicted molar refractivity (Wildman–Crippen MR) is 63.3 cm³/mol. The average molecular weight is 255 g/mol. The third-order valence-corrected chi connectivity index (χ3v) is 4.40. The topological polar surface area (TPSA) is 12.0 Å². The number of benzene rings is 1. The van der Waals surface area contributed by atoms with Crippen LogP contribution in [0.4, 0.5) is 13.2 Å². The van der Waals surface area contributed by atoms with Crippen LogP contribution in [-0.2, 0) is 6.18 Å². The third kappa shape index (κ3) is 2.03. The molecule has 2 unspecified atom stereocenters. The molecule has 1 aromatic carbocycles. The zero-order chi connectivity index (χ0) is 12.8. The Morgan fingerprint density at radius 1 is 1.11 bits per heavy atom. The summed E-state index contributed by atoms with van der Waals surface area (Å²) in [5.41, 5.74) is 0.343. The molecule has 3 rings (SSSR count). The van der Waals surface area contributed by atoms with Gasteiger partial charge in [-0.25, -0.2) is 0 Å². The van der Waals surface area contributed by atoms with E-state index in [9.17, 15) is 13.2 Å². The van der Waals surface area contributed by atoms with Crippen molar-refractivity contribution in [2.75, 3.05) is 13.1 Å². The lowest BCUT2D eigenvalue weighted by molar-refractivity contribution is -0.137. The van der Waals surface area contributed by atoms with Gasteiger partial charge in [0.1, 0.15) is 0 Å². The number of hydrogen-bond donors (Lipinski definition) is 1. The fraction of sp³-hybridized carbons (Fsp3) is 0.571. The van der Waals surface area contributed by atoms with Gasteiger partial charge < -0.3 is 5.32 Å². The second kappa shape index (κ2) is 4.26. The van der Waals surface area contributed by atoms with E-state index in [1.54, 1.807) is 0 Å². The van der Waals surface area contributed by atoms with Crippen molar-refractivity contribution < 1.29 is 13.2 Å². The predicted octanol–water partition coefficient (Wildman–Crippen LogP) is 3.42. The molecular formula is C14H16F3N. The molecule has 98 valence electrons. The van der Waals surface area contributed by atoms with Gasteiger partial charge in [0, 0.05) is 0 Å². The van der Waals surface area contributed by atoms with Gasteiger partial charge >= 0.3 is 6.18 Å². The van der Waals surface area contributed by atoms with E-state index in [4.69, 9.17) is 0 Å². The Bertz CT molecular complexity index is 441. The smallest absolute Gasteiger partial charge is 0.316 e. The van der Waals surface area contributed by atoms with Crippen molar-refractivity contribution in [1.82, 2.24) is 5.32 Å². The summed E-state index contributed by atoms with van der Waals surface area (Å²) in [6.07, 6.45) is -2.07. The van der Waals surface area contributed by atoms with Crippen LogP contribution in [0.3, 0.4) is 0 Å². The summed E-state index contributed by atoms with van der Waals surface area (Å²) >= 11 is 0. The summed E-state index contributed by atoms with van der Waals surface area (Å²) in [4.78, 5) is 0. The Morgan fingerprint density at radius 3 is 2.72 bits per heavy atom. The molecule has 2 aliphatic rings. The molecule has 1 heterocycles. The highest BCUT2D eigenvalue weighted by atomic mass is 19.4. The van der Waals surface area contributed by atoms with E-state index >= 15 is 0 Å². The SMILES string of the molecule is FC(F)(F)c1cccc([C@H]2CCC3CNCC32)c1. The summed E-state index contributed by atoms with van der Waals surface area (Å²) < 4.78 is 38.1. The Hall–Kier alpha value is -1.03. The number of fused-ring (bicyclic) bond motifs is 1. The highest BCUT2D eigenvalue weighted by Crippen LogP contribution is 2.45. The Labute approximate surface area is 104 Å². The molecule has 3 atom stereocenters. The fourth-order valence-corrected chi connectivity index (χ4v) is 3.51. The van der Waals surface area contributed by atoms with Crippen LogP contribution in [0.15, 0.2) is 24.3 Å². The molecule has 1 saturated carbocycles. The fourth-order valence-electron chi connectivity index (χ4n) is 3.51. The second-order valence-electron chi connectivity index (χ2n) is 5.39. The highest BCUT2D eigenvalue weighted by molar-refractivity contribution is 5.30. The summed E-state index contributed by atoms with van der Waals surface area (Å²) in [5, 5.41) is 3.35. The second-order valence-corrected chi connectivity index (χ2v) is 5.39. The van der Waals surface area contributed by atoms with Crippen LogP contribution < -0.4 is 5.32 Å². The molecule has 1 aromatic rings. The summed E-state index contributed by atoms with van der Waals surface area (Å²) in [6.45, 7) is 1.98. The molecule has 18 heavy (non-hydrogen) atoms. The zero-order valence-electron chi connectivity index (χ0n) is 10.0. The molecule has 1 aliphatic heterocycles. The minimum Gasteiger partial charge on any atom is -0.316 e. The number of alkyl halides is 3. The van der Waals surface area contributed by atoms with Gasteiger partial charge in [-0.3, -0.25) is 0 Å². The van der Waals surface area contributed by atoms with E-state index < -0.39 is 11.7 Å². The minimum atomic E-state index is -4.23. The summed E-state index contributed by atoms with van der Waals surface area (Å²) in [5.74, 6) is 1.48. The van der Waals surface area contributed by atoms with E-state index in [-0.39, 0.29) is 0 Å². The van der Waals surface area contributed by atoms with Crippen LogP contribution in [-0.4, -0.2) is 13.1 Å². The first kappa shape index (κ1) is 12.0. The molecule has 1 saturated heterocycles. The molecule has 1 N–H and O–H groups in total. The van der Waals surface area contributed by atoms with Gasteiger partial charge in [-0.1, -0.05) is 18.2 Å². The quantitative estimate of drug-likeness (QED) is 0.810. The van der Waals surface area contributed by atoms with Crippen LogP contribution in [0.2, 0.25) is 0 Å². The van der Waals surface area contributed by atoms with Crippen LogP contribution in [0.5, 0.6) is 0 Å². The maximum Gasteiger partial charge on any atom is 0.416 e. The first-order valence-electron chi connectivity index (χ1n) is 6.43. The molecule has 1 nitrogen and oxygen atoms in total. The van der Waals surface area contributed by atoms with Gasteiger partial charge in [-0.05, 0) is 55.3 Å². The Morgan fingerprint density at radius 2 is 1.94 bits per heavy atom. The van der Waals surface area contributed by atoms with Crippen LogP contribution >= 0.6 is 0 Å². The van der Waals surface area contributed by atoms with Gasteiger partial charge in [-0.2, -0.15) is 13.2 Å². The van der Waals surface area contributed by atoms with E-state index in [0.29, 0.717) is 17.8 Å². The Balaban J connectivity index is 1.88. The molecule has 4 heteroatoms. The summed E-state index contributed by atoms with van der Waals surface area (Å²) in [7, 11) is 0. The maximum atomic E-state index is 12.7. The number of nitrogens with one attached hydrogen (secondary N) is 1. The first-order valence-corrected chi connectivity index (χ1v) is 6.43. The first-order chi connectivity index (χ1) is 8.55. The molecule has 0 bridgehead atoms. The van der Waals surface area contributed by atoms with E-state index in [1.807, 2.05) is 6.07 Å². The number of hydrogen-bond acceptors (Lipinski definition) is 1. The normalized spacial score (nSPS) is 31.6. The van der Waals surface area contributed by atoms with Crippen molar-refractivity contribution in [2.45, 2.75) is 24.9 Å². The lowest BCUT2D eigenvalue weighted by Crippen LogP contribution is -2.15. The van der Waals surface area contributed by atoms with Crippen LogP contribution in [0.1, 0.15) is 29.9 Å². The third-order valence-electron chi connectivity index (χ3n) is 4.40. The van der Waals surface area contributed by atoms with E-state index in [2.05, 4.69) is 5.32 Å². The number of rotatable bonds is 1. The van der Waals surface area contributed by atoms with E-state index in [0.717, 1.165) is 37.6 Å². The van der Waals surface area contributed by atoms with E-state index in [1.165, 1.54) is 12.1 Å². The largest absolute Gasteiger partial charge is 0.416 e. The van der Waals surface area contributed by atoms with Gasteiger partial charge in [0.05, 0.1) is 5.56 Å². The van der Waals surface area contributed by atoms with Crippen molar-refractivity contribution in [1.29, 1.82) is 0 Å². The molecule has 0 aromatic heterocycles. The summed E-state index contributed by atoms with van der Waals surface area (Å²) in [6, 6.07) is 5.88. The average Bonchev–Trinajstić information content (AvgIpc) is 2.89. The lowest BCUT2D eigenvalue weighted by atomic mass is 9.86. The Kier molecular flexibility index (Phi) is 2.85. The number of halogens is 3. The van der Waals surface area contributed by atoms with Gasteiger partial charge in [-0.15, -0.1) is 0 Å². The van der Waals surface area contributed by atoms with Gasteiger partial charge in [0.15, 0.2) is 0 Å². The minimum absolute atomic E-state index is 0.298.